The number of carbonyl (C=O) groups is 2. The van der Waals surface area contributed by atoms with Gasteiger partial charge in [-0.2, -0.15) is 0 Å². The maximum Gasteiger partial charge on any atom is 0.321 e. The Labute approximate surface area is 186 Å². The van der Waals surface area contributed by atoms with Gasteiger partial charge < -0.3 is 5.32 Å². The number of thioether (sulfide) groups is 1. The number of piperidine rings is 1. The van der Waals surface area contributed by atoms with E-state index in [0.717, 1.165) is 37.4 Å². The maximum absolute atomic E-state index is 13.5. The van der Waals surface area contributed by atoms with E-state index in [9.17, 15) is 14.0 Å². The van der Waals surface area contributed by atoms with E-state index in [1.54, 1.807) is 12.1 Å². The predicted octanol–water partition coefficient (Wildman–Crippen LogP) is 3.11. The van der Waals surface area contributed by atoms with Crippen LogP contribution >= 0.6 is 11.8 Å². The van der Waals surface area contributed by atoms with E-state index in [-0.39, 0.29) is 11.6 Å². The molecule has 3 rings (SSSR count). The third-order valence-corrected chi connectivity index (χ3v) is 5.60. The van der Waals surface area contributed by atoms with Gasteiger partial charge in [0.25, 0.3) is 0 Å². The number of nitrogens with zero attached hydrogens (tertiary/aromatic N) is 4. The smallest absolute Gasteiger partial charge is 0.321 e. The summed E-state index contributed by atoms with van der Waals surface area (Å²) in [5.74, 6) is -0.0200. The van der Waals surface area contributed by atoms with E-state index in [4.69, 9.17) is 0 Å². The molecule has 168 valence electrons. The van der Waals surface area contributed by atoms with Crippen LogP contribution in [0.3, 0.4) is 0 Å². The van der Waals surface area contributed by atoms with Gasteiger partial charge >= 0.3 is 6.03 Å². The number of carbonyl (C=O) groups excluding carboxylic acids is 2. The molecule has 8 nitrogen and oxygen atoms in total. The summed E-state index contributed by atoms with van der Waals surface area (Å²) < 4.78 is 15.3. The van der Waals surface area contributed by atoms with Crippen molar-refractivity contribution in [3.05, 3.63) is 35.9 Å². The van der Waals surface area contributed by atoms with E-state index in [2.05, 4.69) is 25.7 Å². The lowest BCUT2D eigenvalue weighted by Crippen LogP contribution is -2.48. The Morgan fingerprint density at radius 3 is 2.42 bits per heavy atom. The molecular formula is C21H29FN6O2S. The molecule has 31 heavy (non-hydrogen) atoms. The lowest BCUT2D eigenvalue weighted by atomic mass is 10.1. The summed E-state index contributed by atoms with van der Waals surface area (Å²) >= 11 is 1.18. The normalized spacial score (nSPS) is 15.0. The Kier molecular flexibility index (Phi) is 7.66. The third kappa shape index (κ3) is 7.03. The number of amides is 3. The molecule has 0 radical (unpaired) electrons. The van der Waals surface area contributed by atoms with Crippen molar-refractivity contribution < 1.29 is 14.0 Å². The fourth-order valence-corrected chi connectivity index (χ4v) is 4.10. The molecule has 0 aliphatic carbocycles. The van der Waals surface area contributed by atoms with Crippen LogP contribution in [0.5, 0.6) is 0 Å². The summed E-state index contributed by atoms with van der Waals surface area (Å²) in [4.78, 5) is 26.4. The molecule has 1 aromatic carbocycles. The van der Waals surface area contributed by atoms with Gasteiger partial charge in [-0.1, -0.05) is 18.2 Å². The summed E-state index contributed by atoms with van der Waals surface area (Å²) in [6.07, 6.45) is 3.55. The van der Waals surface area contributed by atoms with Crippen molar-refractivity contribution in [1.82, 2.24) is 30.3 Å². The van der Waals surface area contributed by atoms with Crippen molar-refractivity contribution in [3.8, 4) is 5.69 Å². The van der Waals surface area contributed by atoms with E-state index < -0.39 is 17.5 Å². The van der Waals surface area contributed by atoms with Crippen LogP contribution in [0.4, 0.5) is 9.18 Å². The lowest BCUT2D eigenvalue weighted by molar-refractivity contribution is -0.117. The van der Waals surface area contributed by atoms with Crippen LogP contribution in [0.15, 0.2) is 29.4 Å². The molecule has 0 atom stereocenters. The highest BCUT2D eigenvalue weighted by Gasteiger charge is 2.21. The molecule has 1 saturated heterocycles. The average molecular weight is 449 g/mol. The lowest BCUT2D eigenvalue weighted by Gasteiger charge is -2.26. The predicted molar refractivity (Wildman–Crippen MR) is 118 cm³/mol. The zero-order valence-corrected chi connectivity index (χ0v) is 19.0. The quantitative estimate of drug-likeness (QED) is 0.660. The van der Waals surface area contributed by atoms with Crippen LogP contribution < -0.4 is 10.6 Å². The topological polar surface area (TPSA) is 92.2 Å². The minimum absolute atomic E-state index is 0.000600. The second-order valence-electron chi connectivity index (χ2n) is 8.59. The number of hydrogen-bond donors (Lipinski definition) is 2. The average Bonchev–Trinajstić information content (AvgIpc) is 3.08. The SMILES string of the molecule is CC(C)(C)NC(=O)NC(=O)CSc1nnc(CN2CCCCC2)n1-c1ccc(F)cc1. The number of rotatable bonds is 6. The summed E-state index contributed by atoms with van der Waals surface area (Å²) in [5, 5.41) is 14.1. The number of halogens is 1. The number of hydrogen-bond acceptors (Lipinski definition) is 6. The Bertz CT molecular complexity index is 904. The molecule has 3 amide bonds. The first kappa shape index (κ1) is 23.2. The number of nitrogens with one attached hydrogen (secondary N) is 2. The monoisotopic (exact) mass is 448 g/mol. The van der Waals surface area contributed by atoms with Crippen LogP contribution in [0.25, 0.3) is 5.69 Å². The standard InChI is InChI=1S/C21H29FN6O2S/c1-21(2,3)24-19(30)23-18(29)14-31-20-26-25-17(13-27-11-5-4-6-12-27)28(20)16-9-7-15(22)8-10-16/h7-10H,4-6,11-14H2,1-3H3,(H2,23,24,29,30). The van der Waals surface area contributed by atoms with Gasteiger partial charge in [0.05, 0.1) is 12.3 Å². The number of aromatic nitrogens is 3. The largest absolute Gasteiger partial charge is 0.333 e. The minimum Gasteiger partial charge on any atom is -0.333 e. The zero-order valence-electron chi connectivity index (χ0n) is 18.2. The van der Waals surface area contributed by atoms with Crippen molar-refractivity contribution in [1.29, 1.82) is 0 Å². The molecule has 1 aliphatic rings. The summed E-state index contributed by atoms with van der Waals surface area (Å²) in [7, 11) is 0. The molecule has 2 heterocycles. The summed E-state index contributed by atoms with van der Waals surface area (Å²) in [6, 6.07) is 5.57. The first-order valence-electron chi connectivity index (χ1n) is 10.4. The Hall–Kier alpha value is -2.46. The van der Waals surface area contributed by atoms with Crippen molar-refractivity contribution in [3.63, 3.8) is 0 Å². The highest BCUT2D eigenvalue weighted by Crippen LogP contribution is 2.24. The molecule has 0 bridgehead atoms. The molecule has 0 unspecified atom stereocenters. The Balaban J connectivity index is 1.72. The molecule has 0 saturated carbocycles. The summed E-state index contributed by atoms with van der Waals surface area (Å²) in [5.41, 5.74) is 0.288. The van der Waals surface area contributed by atoms with E-state index in [1.165, 1.54) is 30.3 Å². The van der Waals surface area contributed by atoms with Crippen LogP contribution in [0, 0.1) is 5.82 Å². The van der Waals surface area contributed by atoms with Gasteiger partial charge in [-0.25, -0.2) is 9.18 Å². The van der Waals surface area contributed by atoms with Gasteiger partial charge in [0.1, 0.15) is 5.82 Å². The van der Waals surface area contributed by atoms with Crippen molar-refractivity contribution in [2.24, 2.45) is 0 Å². The van der Waals surface area contributed by atoms with E-state index in [1.807, 2.05) is 25.3 Å². The highest BCUT2D eigenvalue weighted by atomic mass is 32.2. The fraction of sp³-hybridized carbons (Fsp3) is 0.524. The van der Waals surface area contributed by atoms with E-state index in [0.29, 0.717) is 11.7 Å². The van der Waals surface area contributed by atoms with Crippen molar-refractivity contribution in [2.75, 3.05) is 18.8 Å². The van der Waals surface area contributed by atoms with E-state index >= 15 is 0 Å². The van der Waals surface area contributed by atoms with Gasteiger partial charge in [-0.05, 0) is 71.0 Å². The zero-order chi connectivity index (χ0) is 22.4. The second kappa shape index (κ2) is 10.2. The number of urea groups is 1. The van der Waals surface area contributed by atoms with Crippen LogP contribution in [0.1, 0.15) is 45.9 Å². The van der Waals surface area contributed by atoms with Crippen LogP contribution in [-0.4, -0.2) is 56.0 Å². The van der Waals surface area contributed by atoms with Gasteiger partial charge in [0.2, 0.25) is 5.91 Å². The number of benzene rings is 1. The first-order valence-corrected chi connectivity index (χ1v) is 11.4. The molecule has 1 aromatic heterocycles. The molecule has 1 fully saturated rings. The van der Waals surface area contributed by atoms with Gasteiger partial charge in [0.15, 0.2) is 11.0 Å². The van der Waals surface area contributed by atoms with Gasteiger partial charge in [-0.15, -0.1) is 10.2 Å². The highest BCUT2D eigenvalue weighted by molar-refractivity contribution is 7.99. The van der Waals surface area contributed by atoms with Crippen LogP contribution in [-0.2, 0) is 11.3 Å². The molecule has 2 aromatic rings. The van der Waals surface area contributed by atoms with Gasteiger partial charge in [0, 0.05) is 11.2 Å². The number of likely N-dealkylation sites (tertiary alicyclic amines) is 1. The Morgan fingerprint density at radius 2 is 1.77 bits per heavy atom. The second-order valence-corrected chi connectivity index (χ2v) is 9.53. The molecule has 1 aliphatic heterocycles. The third-order valence-electron chi connectivity index (χ3n) is 4.67. The molecule has 10 heteroatoms. The maximum atomic E-state index is 13.5. The molecular weight excluding hydrogens is 419 g/mol. The van der Waals surface area contributed by atoms with Gasteiger partial charge in [-0.3, -0.25) is 19.6 Å². The van der Waals surface area contributed by atoms with Crippen molar-refractivity contribution >= 4 is 23.7 Å². The van der Waals surface area contributed by atoms with Crippen molar-refractivity contribution in [2.45, 2.75) is 57.3 Å². The fourth-order valence-electron chi connectivity index (χ4n) is 3.33. The number of imide groups is 1. The minimum atomic E-state index is -0.538. The Morgan fingerprint density at radius 1 is 1.10 bits per heavy atom. The summed E-state index contributed by atoms with van der Waals surface area (Å²) in [6.45, 7) is 8.14. The first-order chi connectivity index (χ1) is 14.7. The molecule has 2 N–H and O–H groups in total. The van der Waals surface area contributed by atoms with Crippen LogP contribution in [0.2, 0.25) is 0 Å². The molecule has 0 spiro atoms.